The molecule has 0 aliphatic heterocycles. The highest BCUT2D eigenvalue weighted by atomic mass is 35.5. The maximum Gasteiger partial charge on any atom is 0.124 e. The predicted molar refractivity (Wildman–Crippen MR) is 87.1 cm³/mol. The molecule has 0 radical (unpaired) electrons. The van der Waals surface area contributed by atoms with E-state index in [0.29, 0.717) is 6.61 Å². The van der Waals surface area contributed by atoms with E-state index in [1.54, 1.807) is 11.3 Å². The summed E-state index contributed by atoms with van der Waals surface area (Å²) in [5.74, 6) is 0.924. The molecule has 1 aromatic carbocycles. The summed E-state index contributed by atoms with van der Waals surface area (Å²) >= 11 is 8.00. The topological polar surface area (TPSA) is 21.3 Å². The van der Waals surface area contributed by atoms with Crippen LogP contribution in [-0.2, 0) is 0 Å². The van der Waals surface area contributed by atoms with Gasteiger partial charge in [0.05, 0.1) is 17.7 Å². The van der Waals surface area contributed by atoms with Gasteiger partial charge in [0, 0.05) is 10.4 Å². The normalized spacial score (nSPS) is 12.3. The molecule has 108 valence electrons. The fraction of sp³-hybridized carbons (Fsp3) is 0.375. The van der Waals surface area contributed by atoms with E-state index in [9.17, 15) is 0 Å². The monoisotopic (exact) mass is 309 g/mol. The molecule has 1 atom stereocenters. The Labute approximate surface area is 129 Å². The Balaban J connectivity index is 2.38. The zero-order valence-electron chi connectivity index (χ0n) is 11.9. The van der Waals surface area contributed by atoms with Crippen LogP contribution in [0.5, 0.6) is 5.75 Å². The summed E-state index contributed by atoms with van der Waals surface area (Å²) in [4.78, 5) is 1.15. The van der Waals surface area contributed by atoms with Crippen molar-refractivity contribution in [1.82, 2.24) is 5.32 Å². The van der Waals surface area contributed by atoms with Gasteiger partial charge in [-0.25, -0.2) is 0 Å². The van der Waals surface area contributed by atoms with Gasteiger partial charge in [-0.05, 0) is 37.4 Å². The molecule has 2 aromatic rings. The van der Waals surface area contributed by atoms with Crippen molar-refractivity contribution >= 4 is 22.9 Å². The molecule has 0 aliphatic carbocycles. The number of hydrogen-bond donors (Lipinski definition) is 1. The molecular weight excluding hydrogens is 290 g/mol. The van der Waals surface area contributed by atoms with Crippen molar-refractivity contribution in [1.29, 1.82) is 0 Å². The molecule has 1 aromatic heterocycles. The minimum absolute atomic E-state index is 0.0881. The molecule has 2 nitrogen and oxygen atoms in total. The summed E-state index contributed by atoms with van der Waals surface area (Å²) in [6, 6.07) is 10.2. The van der Waals surface area contributed by atoms with Crippen LogP contribution in [0.25, 0.3) is 0 Å². The number of nitrogens with one attached hydrogen (secondary N) is 1. The van der Waals surface area contributed by atoms with E-state index in [0.717, 1.165) is 34.2 Å². The van der Waals surface area contributed by atoms with Crippen LogP contribution in [0.15, 0.2) is 35.7 Å². The third-order valence-electron chi connectivity index (χ3n) is 3.04. The van der Waals surface area contributed by atoms with Crippen LogP contribution < -0.4 is 10.1 Å². The molecule has 0 aliphatic rings. The average Bonchev–Trinajstić information content (AvgIpc) is 2.88. The molecule has 0 saturated heterocycles. The highest BCUT2D eigenvalue weighted by molar-refractivity contribution is 7.10. The third-order valence-corrected chi connectivity index (χ3v) is 4.46. The van der Waals surface area contributed by atoms with E-state index in [1.807, 2.05) is 36.6 Å². The van der Waals surface area contributed by atoms with Gasteiger partial charge in [-0.2, -0.15) is 0 Å². The lowest BCUT2D eigenvalue weighted by Gasteiger charge is -2.21. The Morgan fingerprint density at radius 3 is 2.70 bits per heavy atom. The molecule has 0 spiro atoms. The summed E-state index contributed by atoms with van der Waals surface area (Å²) in [6.45, 7) is 5.77. The maximum atomic E-state index is 6.32. The maximum absolute atomic E-state index is 6.32. The van der Waals surface area contributed by atoms with E-state index in [1.165, 1.54) is 0 Å². The second-order valence-electron chi connectivity index (χ2n) is 4.49. The first kappa shape index (κ1) is 15.4. The molecule has 1 unspecified atom stereocenters. The van der Waals surface area contributed by atoms with Crippen molar-refractivity contribution in [3.8, 4) is 5.75 Å². The van der Waals surface area contributed by atoms with Gasteiger partial charge in [0.25, 0.3) is 0 Å². The van der Waals surface area contributed by atoms with Crippen LogP contribution in [0.2, 0.25) is 5.02 Å². The average molecular weight is 310 g/mol. The van der Waals surface area contributed by atoms with E-state index in [4.69, 9.17) is 16.3 Å². The van der Waals surface area contributed by atoms with Crippen LogP contribution >= 0.6 is 22.9 Å². The van der Waals surface area contributed by atoms with Crippen molar-refractivity contribution in [2.24, 2.45) is 0 Å². The fourth-order valence-corrected chi connectivity index (χ4v) is 3.41. The quantitative estimate of drug-likeness (QED) is 0.786. The van der Waals surface area contributed by atoms with E-state index >= 15 is 0 Å². The lowest BCUT2D eigenvalue weighted by atomic mass is 10.0. The molecule has 20 heavy (non-hydrogen) atoms. The summed E-state index contributed by atoms with van der Waals surface area (Å²) in [5.41, 5.74) is 1.15. The van der Waals surface area contributed by atoms with Crippen molar-refractivity contribution in [2.45, 2.75) is 26.3 Å². The van der Waals surface area contributed by atoms with Crippen molar-refractivity contribution in [3.05, 3.63) is 51.2 Å². The molecule has 1 N–H and O–H groups in total. The SMILES string of the molecule is CCCNC(c1ccccc1OCC)c1sccc1Cl. The van der Waals surface area contributed by atoms with Crippen molar-refractivity contribution in [3.63, 3.8) is 0 Å². The van der Waals surface area contributed by atoms with E-state index in [-0.39, 0.29) is 6.04 Å². The molecule has 4 heteroatoms. The van der Waals surface area contributed by atoms with Gasteiger partial charge in [-0.15, -0.1) is 11.3 Å². The van der Waals surface area contributed by atoms with Crippen molar-refractivity contribution in [2.75, 3.05) is 13.2 Å². The van der Waals surface area contributed by atoms with Gasteiger partial charge in [0.1, 0.15) is 5.75 Å². The van der Waals surface area contributed by atoms with Crippen LogP contribution in [0, 0.1) is 0 Å². The zero-order valence-corrected chi connectivity index (χ0v) is 13.4. The minimum Gasteiger partial charge on any atom is -0.494 e. The fourth-order valence-electron chi connectivity index (χ4n) is 2.15. The van der Waals surface area contributed by atoms with Crippen molar-refractivity contribution < 1.29 is 4.74 Å². The van der Waals surface area contributed by atoms with Gasteiger partial charge >= 0.3 is 0 Å². The van der Waals surface area contributed by atoms with Gasteiger partial charge in [0.2, 0.25) is 0 Å². The Kier molecular flexibility index (Phi) is 5.89. The molecule has 0 bridgehead atoms. The van der Waals surface area contributed by atoms with Crippen LogP contribution in [0.3, 0.4) is 0 Å². The van der Waals surface area contributed by atoms with Gasteiger partial charge < -0.3 is 10.1 Å². The number of halogens is 1. The summed E-state index contributed by atoms with van der Waals surface area (Å²) in [6.07, 6.45) is 1.08. The lowest BCUT2D eigenvalue weighted by molar-refractivity contribution is 0.333. The molecular formula is C16H20ClNOS. The number of rotatable bonds is 7. The standard InChI is InChI=1S/C16H20ClNOS/c1-3-10-18-15(16-13(17)9-11-20-16)12-7-5-6-8-14(12)19-4-2/h5-9,11,15,18H,3-4,10H2,1-2H3. The Morgan fingerprint density at radius 2 is 2.05 bits per heavy atom. The smallest absolute Gasteiger partial charge is 0.124 e. The highest BCUT2D eigenvalue weighted by Gasteiger charge is 2.21. The molecule has 0 amide bonds. The van der Waals surface area contributed by atoms with Crippen LogP contribution in [0.4, 0.5) is 0 Å². The first-order chi connectivity index (χ1) is 9.77. The summed E-state index contributed by atoms with van der Waals surface area (Å²) < 4.78 is 5.76. The van der Waals surface area contributed by atoms with E-state index in [2.05, 4.69) is 18.3 Å². The van der Waals surface area contributed by atoms with Crippen LogP contribution in [-0.4, -0.2) is 13.2 Å². The predicted octanol–water partition coefficient (Wildman–Crippen LogP) is 4.89. The number of benzene rings is 1. The molecule has 0 fully saturated rings. The van der Waals surface area contributed by atoms with Gasteiger partial charge in [-0.3, -0.25) is 0 Å². The minimum atomic E-state index is 0.0881. The van der Waals surface area contributed by atoms with E-state index < -0.39 is 0 Å². The number of ether oxygens (including phenoxy) is 1. The van der Waals surface area contributed by atoms with Gasteiger partial charge in [0.15, 0.2) is 0 Å². The first-order valence-electron chi connectivity index (χ1n) is 6.95. The Morgan fingerprint density at radius 1 is 1.25 bits per heavy atom. The Hall–Kier alpha value is -1.03. The zero-order chi connectivity index (χ0) is 14.4. The Bertz CT molecular complexity index is 541. The van der Waals surface area contributed by atoms with Gasteiger partial charge in [-0.1, -0.05) is 36.7 Å². The second-order valence-corrected chi connectivity index (χ2v) is 5.85. The largest absolute Gasteiger partial charge is 0.494 e. The first-order valence-corrected chi connectivity index (χ1v) is 8.21. The highest BCUT2D eigenvalue weighted by Crippen LogP contribution is 2.36. The summed E-state index contributed by atoms with van der Waals surface area (Å²) in [5, 5.41) is 6.42. The number of para-hydroxylation sites is 1. The second kappa shape index (κ2) is 7.67. The lowest BCUT2D eigenvalue weighted by Crippen LogP contribution is -2.23. The van der Waals surface area contributed by atoms with Crippen LogP contribution in [0.1, 0.15) is 36.8 Å². The third kappa shape index (κ3) is 3.54. The summed E-state index contributed by atoms with van der Waals surface area (Å²) in [7, 11) is 0. The number of thiophene rings is 1. The number of hydrogen-bond acceptors (Lipinski definition) is 3. The molecule has 0 saturated carbocycles. The molecule has 1 heterocycles. The molecule has 2 rings (SSSR count).